The van der Waals surface area contributed by atoms with Gasteiger partial charge in [-0.05, 0) is 49.6 Å². The van der Waals surface area contributed by atoms with Crippen LogP contribution in [0.1, 0.15) is 23.2 Å². The highest BCUT2D eigenvalue weighted by atomic mass is 16.5. The monoisotopic (exact) mass is 277 g/mol. The zero-order valence-electron chi connectivity index (χ0n) is 12.3. The van der Waals surface area contributed by atoms with Gasteiger partial charge in [-0.3, -0.25) is 9.69 Å². The first-order valence-electron chi connectivity index (χ1n) is 7.11. The number of carbonyl (C=O) groups excluding carboxylic acids is 1. The fourth-order valence-corrected chi connectivity index (χ4v) is 2.74. The minimum absolute atomic E-state index is 0.172. The van der Waals surface area contributed by atoms with Crippen molar-refractivity contribution in [1.82, 2.24) is 4.90 Å². The van der Waals surface area contributed by atoms with Crippen molar-refractivity contribution in [2.45, 2.75) is 12.8 Å². The van der Waals surface area contributed by atoms with E-state index in [1.807, 2.05) is 24.3 Å². The van der Waals surface area contributed by atoms with Gasteiger partial charge >= 0.3 is 0 Å². The van der Waals surface area contributed by atoms with E-state index in [2.05, 4.69) is 4.90 Å². The molecule has 1 atom stereocenters. The van der Waals surface area contributed by atoms with Crippen LogP contribution < -0.4 is 4.74 Å². The Balaban J connectivity index is 1.89. The third-order valence-electron chi connectivity index (χ3n) is 3.78. The zero-order valence-corrected chi connectivity index (χ0v) is 12.3. The lowest BCUT2D eigenvalue weighted by atomic mass is 9.98. The van der Waals surface area contributed by atoms with E-state index in [1.165, 1.54) is 6.42 Å². The quantitative estimate of drug-likeness (QED) is 0.748. The second-order valence-corrected chi connectivity index (χ2v) is 5.35. The number of hydrogen-bond acceptors (Lipinski definition) is 4. The average molecular weight is 277 g/mol. The Morgan fingerprint density at radius 1 is 1.30 bits per heavy atom. The van der Waals surface area contributed by atoms with Crippen molar-refractivity contribution in [3.63, 3.8) is 0 Å². The van der Waals surface area contributed by atoms with Gasteiger partial charge in [0, 0.05) is 19.2 Å². The van der Waals surface area contributed by atoms with Crippen molar-refractivity contribution < 1.29 is 14.3 Å². The van der Waals surface area contributed by atoms with E-state index in [0.717, 1.165) is 37.4 Å². The first-order valence-corrected chi connectivity index (χ1v) is 7.11. The summed E-state index contributed by atoms with van der Waals surface area (Å²) in [4.78, 5) is 14.5. The van der Waals surface area contributed by atoms with Gasteiger partial charge in [0.25, 0.3) is 0 Å². The summed E-state index contributed by atoms with van der Waals surface area (Å²) >= 11 is 0. The fraction of sp³-hybridized carbons (Fsp3) is 0.562. The lowest BCUT2D eigenvalue weighted by molar-refractivity contribution is 0.0758. The number of piperidine rings is 1. The summed E-state index contributed by atoms with van der Waals surface area (Å²) in [6, 6.07) is 7.32. The van der Waals surface area contributed by atoms with E-state index in [0.29, 0.717) is 12.5 Å². The molecule has 4 nitrogen and oxygen atoms in total. The predicted molar refractivity (Wildman–Crippen MR) is 78.4 cm³/mol. The van der Waals surface area contributed by atoms with Crippen molar-refractivity contribution in [3.05, 3.63) is 29.8 Å². The highest BCUT2D eigenvalue weighted by molar-refractivity contribution is 5.97. The summed E-state index contributed by atoms with van der Waals surface area (Å²) in [5.74, 6) is 1.50. The molecule has 1 heterocycles. The Morgan fingerprint density at radius 2 is 2.05 bits per heavy atom. The SMILES string of the molecule is COCC1CCCN(CC(=O)c2ccc(OC)cc2)C1. The number of ether oxygens (including phenoxy) is 2. The van der Waals surface area contributed by atoms with Gasteiger partial charge in [-0.25, -0.2) is 0 Å². The Morgan fingerprint density at radius 3 is 2.70 bits per heavy atom. The molecule has 110 valence electrons. The van der Waals surface area contributed by atoms with Crippen LogP contribution in [0, 0.1) is 5.92 Å². The minimum atomic E-state index is 0.172. The van der Waals surface area contributed by atoms with Gasteiger partial charge in [0.1, 0.15) is 5.75 Å². The summed E-state index contributed by atoms with van der Waals surface area (Å²) in [5.41, 5.74) is 0.750. The smallest absolute Gasteiger partial charge is 0.176 e. The van der Waals surface area contributed by atoms with Crippen LogP contribution in [-0.2, 0) is 4.74 Å². The number of nitrogens with zero attached hydrogens (tertiary/aromatic N) is 1. The molecule has 0 aliphatic carbocycles. The van der Waals surface area contributed by atoms with Crippen molar-refractivity contribution in [1.29, 1.82) is 0 Å². The molecule has 1 aromatic rings. The number of ketones is 1. The first-order chi connectivity index (χ1) is 9.72. The molecule has 0 amide bonds. The van der Waals surface area contributed by atoms with Crippen molar-refractivity contribution in [2.24, 2.45) is 5.92 Å². The van der Waals surface area contributed by atoms with Crippen molar-refractivity contribution >= 4 is 5.78 Å². The normalized spacial score (nSPS) is 19.8. The van der Waals surface area contributed by atoms with Crippen LogP contribution in [0.15, 0.2) is 24.3 Å². The molecular weight excluding hydrogens is 254 g/mol. The van der Waals surface area contributed by atoms with Gasteiger partial charge in [-0.15, -0.1) is 0 Å². The van der Waals surface area contributed by atoms with E-state index >= 15 is 0 Å². The van der Waals surface area contributed by atoms with E-state index in [9.17, 15) is 4.79 Å². The summed E-state index contributed by atoms with van der Waals surface area (Å²) in [7, 11) is 3.36. The standard InChI is InChI=1S/C16H23NO3/c1-19-12-13-4-3-9-17(10-13)11-16(18)14-5-7-15(20-2)8-6-14/h5-8,13H,3-4,9-12H2,1-2H3. The number of rotatable bonds is 6. The van der Waals surface area contributed by atoms with Crippen LogP contribution in [0.2, 0.25) is 0 Å². The Kier molecular flexibility index (Phi) is 5.56. The van der Waals surface area contributed by atoms with Crippen LogP contribution in [0.25, 0.3) is 0 Å². The number of methoxy groups -OCH3 is 2. The summed E-state index contributed by atoms with van der Waals surface area (Å²) in [6.45, 7) is 3.23. The molecule has 1 aliphatic heterocycles. The van der Waals surface area contributed by atoms with Crippen LogP contribution in [0.4, 0.5) is 0 Å². The predicted octanol–water partition coefficient (Wildman–Crippen LogP) is 2.24. The molecule has 0 spiro atoms. The van der Waals surface area contributed by atoms with Crippen LogP contribution >= 0.6 is 0 Å². The van der Waals surface area contributed by atoms with Gasteiger partial charge in [0.05, 0.1) is 20.3 Å². The van der Waals surface area contributed by atoms with E-state index < -0.39 is 0 Å². The Bertz CT molecular complexity index is 428. The Hall–Kier alpha value is -1.39. The number of carbonyl (C=O) groups is 1. The van der Waals surface area contributed by atoms with E-state index in [1.54, 1.807) is 14.2 Å². The lowest BCUT2D eigenvalue weighted by Crippen LogP contribution is -2.40. The number of Topliss-reactive ketones (excluding diaryl/α,β-unsaturated/α-hetero) is 1. The van der Waals surface area contributed by atoms with Crippen LogP contribution in [-0.4, -0.2) is 51.1 Å². The second kappa shape index (κ2) is 7.41. The molecule has 1 fully saturated rings. The molecule has 4 heteroatoms. The lowest BCUT2D eigenvalue weighted by Gasteiger charge is -2.31. The van der Waals surface area contributed by atoms with Gasteiger partial charge in [-0.1, -0.05) is 0 Å². The number of hydrogen-bond donors (Lipinski definition) is 0. The third-order valence-corrected chi connectivity index (χ3v) is 3.78. The van der Waals surface area contributed by atoms with Gasteiger partial charge < -0.3 is 9.47 Å². The summed E-state index contributed by atoms with van der Waals surface area (Å²) < 4.78 is 10.3. The molecule has 0 radical (unpaired) electrons. The molecule has 0 aromatic heterocycles. The van der Waals surface area contributed by atoms with Gasteiger partial charge in [-0.2, -0.15) is 0 Å². The van der Waals surface area contributed by atoms with Crippen molar-refractivity contribution in [3.8, 4) is 5.75 Å². The zero-order chi connectivity index (χ0) is 14.4. The molecule has 2 rings (SSSR count). The molecule has 1 aromatic carbocycles. The van der Waals surface area contributed by atoms with E-state index in [4.69, 9.17) is 9.47 Å². The molecule has 1 saturated heterocycles. The largest absolute Gasteiger partial charge is 0.497 e. The second-order valence-electron chi connectivity index (χ2n) is 5.35. The molecular formula is C16H23NO3. The highest BCUT2D eigenvalue weighted by Gasteiger charge is 2.21. The van der Waals surface area contributed by atoms with Crippen LogP contribution in [0.5, 0.6) is 5.75 Å². The summed E-state index contributed by atoms with van der Waals surface area (Å²) in [6.07, 6.45) is 2.34. The minimum Gasteiger partial charge on any atom is -0.497 e. The Labute approximate surface area is 120 Å². The van der Waals surface area contributed by atoms with Gasteiger partial charge in [0.15, 0.2) is 5.78 Å². The average Bonchev–Trinajstić information content (AvgIpc) is 2.48. The van der Waals surface area contributed by atoms with Crippen molar-refractivity contribution in [2.75, 3.05) is 40.5 Å². The fourth-order valence-electron chi connectivity index (χ4n) is 2.74. The van der Waals surface area contributed by atoms with Crippen LogP contribution in [0.3, 0.4) is 0 Å². The molecule has 0 N–H and O–H groups in total. The maximum absolute atomic E-state index is 12.3. The molecule has 0 bridgehead atoms. The topological polar surface area (TPSA) is 38.8 Å². The molecule has 20 heavy (non-hydrogen) atoms. The first kappa shape index (κ1) is 15.0. The highest BCUT2D eigenvalue weighted by Crippen LogP contribution is 2.18. The number of likely N-dealkylation sites (tertiary alicyclic amines) is 1. The molecule has 1 aliphatic rings. The molecule has 1 unspecified atom stereocenters. The molecule has 0 saturated carbocycles. The van der Waals surface area contributed by atoms with E-state index in [-0.39, 0.29) is 5.78 Å². The maximum Gasteiger partial charge on any atom is 0.176 e. The third kappa shape index (κ3) is 4.05. The summed E-state index contributed by atoms with van der Waals surface area (Å²) in [5, 5.41) is 0. The van der Waals surface area contributed by atoms with Gasteiger partial charge in [0.2, 0.25) is 0 Å². The maximum atomic E-state index is 12.3. The number of benzene rings is 1.